The number of aromatic nitrogens is 3. The number of benzene rings is 3. The SMILES string of the molecule is CCOC(=O)C1=C(C)N=c2s/c(=C/c3cn(-c4ccccc4)nc3-c3ccc(F)cc3)c(=O)n2[C@@H]1c1ccccc1. The van der Waals surface area contributed by atoms with E-state index in [2.05, 4.69) is 4.99 Å². The second-order valence-electron chi connectivity index (χ2n) is 9.43. The zero-order valence-electron chi connectivity index (χ0n) is 22.3. The van der Waals surface area contributed by atoms with E-state index in [1.807, 2.05) is 66.9 Å². The van der Waals surface area contributed by atoms with E-state index in [-0.39, 0.29) is 18.0 Å². The Balaban J connectivity index is 1.56. The summed E-state index contributed by atoms with van der Waals surface area (Å²) < 4.78 is 22.8. The maximum absolute atomic E-state index is 14.0. The number of allylic oxidation sites excluding steroid dienone is 1. The standard InChI is InChI=1S/C32H25FN4O3S/c1-3-40-31(39)27-20(2)34-32-37(29(27)22-10-6-4-7-11-22)30(38)26(41-32)18-23-19-36(25-12-8-5-9-13-25)35-28(23)21-14-16-24(33)17-15-21/h4-19,29H,3H2,1-2H3/b26-18+/t29-/m1/s1. The van der Waals surface area contributed by atoms with Crippen LogP contribution in [0.15, 0.2) is 112 Å². The Morgan fingerprint density at radius 3 is 2.39 bits per heavy atom. The van der Waals surface area contributed by atoms with E-state index in [1.165, 1.54) is 23.5 Å². The first-order valence-corrected chi connectivity index (χ1v) is 13.9. The Kier molecular flexibility index (Phi) is 7.03. The van der Waals surface area contributed by atoms with Crippen molar-refractivity contribution in [1.82, 2.24) is 14.3 Å². The van der Waals surface area contributed by atoms with Crippen LogP contribution in [0, 0.1) is 5.82 Å². The summed E-state index contributed by atoms with van der Waals surface area (Å²) in [5.41, 5.74) is 4.18. The Hall–Kier alpha value is -4.89. The topological polar surface area (TPSA) is 78.5 Å². The lowest BCUT2D eigenvalue weighted by molar-refractivity contribution is -0.139. The van der Waals surface area contributed by atoms with Crippen LogP contribution in [0.3, 0.4) is 0 Å². The Morgan fingerprint density at radius 2 is 1.71 bits per heavy atom. The van der Waals surface area contributed by atoms with Gasteiger partial charge in [-0.2, -0.15) is 5.10 Å². The molecule has 0 fully saturated rings. The van der Waals surface area contributed by atoms with Crippen molar-refractivity contribution in [1.29, 1.82) is 0 Å². The molecule has 7 nitrogen and oxygen atoms in total. The molecule has 0 amide bonds. The summed E-state index contributed by atoms with van der Waals surface area (Å²) in [5.74, 6) is -0.848. The second kappa shape index (κ2) is 10.9. The lowest BCUT2D eigenvalue weighted by atomic mass is 9.96. The molecule has 41 heavy (non-hydrogen) atoms. The molecule has 0 saturated carbocycles. The van der Waals surface area contributed by atoms with Crippen molar-refractivity contribution >= 4 is 23.4 Å². The number of ether oxygens (including phenoxy) is 1. The lowest BCUT2D eigenvalue weighted by Gasteiger charge is -2.24. The first kappa shape index (κ1) is 26.3. The molecule has 9 heteroatoms. The highest BCUT2D eigenvalue weighted by Crippen LogP contribution is 2.31. The molecule has 0 radical (unpaired) electrons. The predicted molar refractivity (Wildman–Crippen MR) is 156 cm³/mol. The molecule has 0 unspecified atom stereocenters. The van der Waals surface area contributed by atoms with Crippen LogP contribution in [-0.4, -0.2) is 26.9 Å². The molecule has 3 heterocycles. The average Bonchev–Trinajstić information content (AvgIpc) is 3.54. The fraction of sp³-hybridized carbons (Fsp3) is 0.125. The summed E-state index contributed by atoms with van der Waals surface area (Å²) in [4.78, 5) is 32.2. The molecule has 0 bridgehead atoms. The van der Waals surface area contributed by atoms with Crippen LogP contribution in [0.5, 0.6) is 0 Å². The van der Waals surface area contributed by atoms with E-state index in [0.29, 0.717) is 37.4 Å². The van der Waals surface area contributed by atoms with Crippen LogP contribution in [0.1, 0.15) is 31.0 Å². The van der Waals surface area contributed by atoms with Crippen LogP contribution in [0.2, 0.25) is 0 Å². The van der Waals surface area contributed by atoms with E-state index in [9.17, 15) is 14.0 Å². The first-order chi connectivity index (χ1) is 19.9. The lowest BCUT2D eigenvalue weighted by Crippen LogP contribution is -2.39. The molecular weight excluding hydrogens is 539 g/mol. The van der Waals surface area contributed by atoms with Gasteiger partial charge < -0.3 is 4.74 Å². The minimum Gasteiger partial charge on any atom is -0.463 e. The van der Waals surface area contributed by atoms with Crippen LogP contribution in [-0.2, 0) is 9.53 Å². The van der Waals surface area contributed by atoms with Gasteiger partial charge in [-0.25, -0.2) is 18.9 Å². The van der Waals surface area contributed by atoms with Crippen molar-refractivity contribution in [3.05, 3.63) is 139 Å². The predicted octanol–water partition coefficient (Wildman–Crippen LogP) is 4.79. The molecule has 0 N–H and O–H groups in total. The molecule has 0 aliphatic carbocycles. The number of esters is 1. The highest BCUT2D eigenvalue weighted by molar-refractivity contribution is 7.07. The number of carbonyl (C=O) groups excluding carboxylic acids is 1. The van der Waals surface area contributed by atoms with Gasteiger partial charge in [0.05, 0.1) is 34.1 Å². The Bertz CT molecular complexity index is 1960. The van der Waals surface area contributed by atoms with E-state index < -0.39 is 12.0 Å². The number of hydrogen-bond acceptors (Lipinski definition) is 6. The number of nitrogens with zero attached hydrogens (tertiary/aromatic N) is 4. The van der Waals surface area contributed by atoms with E-state index in [0.717, 1.165) is 11.3 Å². The quantitative estimate of drug-likeness (QED) is 0.278. The maximum atomic E-state index is 14.0. The number of halogens is 1. The normalized spacial score (nSPS) is 15.0. The summed E-state index contributed by atoms with van der Waals surface area (Å²) in [6, 6.07) is 24.4. The average molecular weight is 565 g/mol. The van der Waals surface area contributed by atoms with Crippen molar-refractivity contribution in [2.45, 2.75) is 19.9 Å². The molecule has 5 aromatic rings. The van der Waals surface area contributed by atoms with E-state index >= 15 is 0 Å². The zero-order chi connectivity index (χ0) is 28.5. The van der Waals surface area contributed by atoms with Crippen molar-refractivity contribution in [2.24, 2.45) is 4.99 Å². The molecular formula is C32H25FN4O3S. The number of thiazole rings is 1. The van der Waals surface area contributed by atoms with Gasteiger partial charge in [0.15, 0.2) is 4.80 Å². The molecule has 0 spiro atoms. The van der Waals surface area contributed by atoms with E-state index in [1.54, 1.807) is 41.3 Å². The van der Waals surface area contributed by atoms with Gasteiger partial charge in [0.25, 0.3) is 5.56 Å². The van der Waals surface area contributed by atoms with Crippen LogP contribution >= 0.6 is 11.3 Å². The van der Waals surface area contributed by atoms with Crippen LogP contribution in [0.4, 0.5) is 4.39 Å². The van der Waals surface area contributed by atoms with Gasteiger partial charge in [-0.1, -0.05) is 59.9 Å². The summed E-state index contributed by atoms with van der Waals surface area (Å²) in [6.07, 6.45) is 3.62. The highest BCUT2D eigenvalue weighted by Gasteiger charge is 2.33. The Morgan fingerprint density at radius 1 is 1.02 bits per heavy atom. The minimum atomic E-state index is -0.683. The van der Waals surface area contributed by atoms with Gasteiger partial charge in [0, 0.05) is 17.3 Å². The van der Waals surface area contributed by atoms with Crippen molar-refractivity contribution in [3.8, 4) is 16.9 Å². The minimum absolute atomic E-state index is 0.207. The van der Waals surface area contributed by atoms with Crippen LogP contribution < -0.4 is 14.9 Å². The van der Waals surface area contributed by atoms with Crippen LogP contribution in [0.25, 0.3) is 23.0 Å². The number of fused-ring (bicyclic) bond motifs is 1. The molecule has 0 saturated heterocycles. The number of carbonyl (C=O) groups is 1. The third-order valence-electron chi connectivity index (χ3n) is 6.80. The molecule has 1 aliphatic rings. The molecule has 3 aromatic carbocycles. The number of para-hydroxylation sites is 1. The maximum Gasteiger partial charge on any atom is 0.338 e. The van der Waals surface area contributed by atoms with Gasteiger partial charge in [-0.3, -0.25) is 9.36 Å². The molecule has 6 rings (SSSR count). The zero-order valence-corrected chi connectivity index (χ0v) is 23.1. The third-order valence-corrected chi connectivity index (χ3v) is 7.78. The highest BCUT2D eigenvalue weighted by atomic mass is 32.1. The third kappa shape index (κ3) is 4.96. The van der Waals surface area contributed by atoms with Gasteiger partial charge in [0.2, 0.25) is 0 Å². The fourth-order valence-electron chi connectivity index (χ4n) is 4.92. The van der Waals surface area contributed by atoms with Crippen molar-refractivity contribution in [3.63, 3.8) is 0 Å². The smallest absolute Gasteiger partial charge is 0.338 e. The van der Waals surface area contributed by atoms with Gasteiger partial charge in [-0.15, -0.1) is 0 Å². The molecule has 1 aliphatic heterocycles. The fourth-order valence-corrected chi connectivity index (χ4v) is 5.96. The largest absolute Gasteiger partial charge is 0.463 e. The summed E-state index contributed by atoms with van der Waals surface area (Å²) in [7, 11) is 0. The van der Waals surface area contributed by atoms with E-state index in [4.69, 9.17) is 9.84 Å². The van der Waals surface area contributed by atoms with Gasteiger partial charge >= 0.3 is 5.97 Å². The number of rotatable bonds is 6. The Labute approximate surface area is 238 Å². The number of hydrogen-bond donors (Lipinski definition) is 0. The second-order valence-corrected chi connectivity index (χ2v) is 10.4. The summed E-state index contributed by atoms with van der Waals surface area (Å²) in [5, 5.41) is 4.78. The monoisotopic (exact) mass is 564 g/mol. The molecule has 204 valence electrons. The molecule has 1 atom stereocenters. The van der Waals surface area contributed by atoms with Gasteiger partial charge in [0.1, 0.15) is 11.5 Å². The summed E-state index contributed by atoms with van der Waals surface area (Å²) >= 11 is 1.24. The first-order valence-electron chi connectivity index (χ1n) is 13.1. The van der Waals surface area contributed by atoms with Gasteiger partial charge in [-0.05, 0) is 61.9 Å². The van der Waals surface area contributed by atoms with Crippen molar-refractivity contribution < 1.29 is 13.9 Å². The molecule has 2 aromatic heterocycles. The van der Waals surface area contributed by atoms with Crippen molar-refractivity contribution in [2.75, 3.05) is 6.61 Å². The summed E-state index contributed by atoms with van der Waals surface area (Å²) in [6.45, 7) is 3.71.